The molecule has 0 bridgehead atoms. The topological polar surface area (TPSA) is 73.0 Å². The van der Waals surface area contributed by atoms with Crippen molar-refractivity contribution < 1.29 is 18.7 Å². The van der Waals surface area contributed by atoms with Gasteiger partial charge in [-0.2, -0.15) is 0 Å². The SMILES string of the molecule is C=Nc1c(C(=C)C)ccn1[C@@H]1COC(CC(C)(C)OP(=O)(O)C(C)C)C1. The van der Waals surface area contributed by atoms with Gasteiger partial charge in [0.2, 0.25) is 0 Å². The van der Waals surface area contributed by atoms with Crippen LogP contribution in [0.3, 0.4) is 0 Å². The molecule has 6 nitrogen and oxygen atoms in total. The molecule has 2 heterocycles. The van der Waals surface area contributed by atoms with Crippen molar-refractivity contribution in [3.05, 3.63) is 24.4 Å². The molecule has 26 heavy (non-hydrogen) atoms. The minimum absolute atomic E-state index is 0.0458. The largest absolute Gasteiger partial charge is 0.376 e. The molecule has 0 spiro atoms. The quantitative estimate of drug-likeness (QED) is 0.509. The van der Waals surface area contributed by atoms with Gasteiger partial charge in [0.25, 0.3) is 0 Å². The third kappa shape index (κ3) is 4.74. The molecule has 146 valence electrons. The van der Waals surface area contributed by atoms with Gasteiger partial charge >= 0.3 is 7.60 Å². The third-order valence-electron chi connectivity index (χ3n) is 4.70. The Bertz CT molecular complexity index is 723. The molecule has 3 atom stereocenters. The maximum absolute atomic E-state index is 12.2. The van der Waals surface area contributed by atoms with Crippen molar-refractivity contribution in [3.8, 4) is 0 Å². The number of allylic oxidation sites excluding steroid dienone is 1. The third-order valence-corrected chi connectivity index (χ3v) is 6.76. The molecule has 0 radical (unpaired) electrons. The van der Waals surface area contributed by atoms with Crippen molar-refractivity contribution in [1.82, 2.24) is 4.57 Å². The highest BCUT2D eigenvalue weighted by atomic mass is 31.2. The minimum atomic E-state index is -3.63. The van der Waals surface area contributed by atoms with Gasteiger partial charge in [0.15, 0.2) is 0 Å². The van der Waals surface area contributed by atoms with E-state index in [0.717, 1.165) is 23.4 Å². The van der Waals surface area contributed by atoms with Crippen LogP contribution < -0.4 is 0 Å². The van der Waals surface area contributed by atoms with Crippen LogP contribution in [0, 0.1) is 0 Å². The van der Waals surface area contributed by atoms with Crippen molar-refractivity contribution in [2.75, 3.05) is 6.61 Å². The van der Waals surface area contributed by atoms with Gasteiger partial charge in [-0.05, 0) is 45.5 Å². The zero-order valence-electron chi connectivity index (χ0n) is 16.4. The molecule has 1 saturated heterocycles. The summed E-state index contributed by atoms with van der Waals surface area (Å²) < 4.78 is 25.8. The predicted octanol–water partition coefficient (Wildman–Crippen LogP) is 4.96. The van der Waals surface area contributed by atoms with Crippen molar-refractivity contribution >= 4 is 25.7 Å². The first kappa shape index (κ1) is 21.1. The molecule has 0 saturated carbocycles. The lowest BCUT2D eigenvalue weighted by molar-refractivity contribution is 0.0147. The Morgan fingerprint density at radius 2 is 2.23 bits per heavy atom. The Morgan fingerprint density at radius 1 is 1.58 bits per heavy atom. The van der Waals surface area contributed by atoms with E-state index in [1.807, 2.05) is 33.0 Å². The molecule has 2 unspecified atom stereocenters. The number of hydrogen-bond donors (Lipinski definition) is 1. The number of nitrogens with zero attached hydrogens (tertiary/aromatic N) is 2. The van der Waals surface area contributed by atoms with Crippen molar-refractivity contribution in [2.45, 2.75) is 70.9 Å². The van der Waals surface area contributed by atoms with Crippen LogP contribution in [0.5, 0.6) is 0 Å². The van der Waals surface area contributed by atoms with Crippen molar-refractivity contribution in [2.24, 2.45) is 4.99 Å². The lowest BCUT2D eigenvalue weighted by Gasteiger charge is -2.31. The van der Waals surface area contributed by atoms with E-state index in [9.17, 15) is 9.46 Å². The van der Waals surface area contributed by atoms with Crippen LogP contribution in [-0.2, 0) is 13.8 Å². The normalized spacial score (nSPS) is 23.2. The monoisotopic (exact) mass is 382 g/mol. The minimum Gasteiger partial charge on any atom is -0.376 e. The van der Waals surface area contributed by atoms with E-state index in [1.54, 1.807) is 13.8 Å². The van der Waals surface area contributed by atoms with Crippen LogP contribution in [-0.4, -0.2) is 40.1 Å². The summed E-state index contributed by atoms with van der Waals surface area (Å²) in [5, 5.41) is 0. The number of ether oxygens (including phenoxy) is 1. The molecule has 7 heteroatoms. The highest BCUT2D eigenvalue weighted by Gasteiger charge is 2.38. The number of aliphatic imine (C=N–C) groups is 1. The smallest absolute Gasteiger partial charge is 0.331 e. The molecule has 0 aliphatic carbocycles. The Morgan fingerprint density at radius 3 is 2.77 bits per heavy atom. The van der Waals surface area contributed by atoms with Crippen LogP contribution >= 0.6 is 7.60 Å². The second-order valence-electron chi connectivity index (χ2n) is 7.96. The zero-order chi connectivity index (χ0) is 19.7. The summed E-state index contributed by atoms with van der Waals surface area (Å²) in [7, 11) is -3.63. The number of rotatable bonds is 8. The summed E-state index contributed by atoms with van der Waals surface area (Å²) >= 11 is 0. The van der Waals surface area contributed by atoms with Gasteiger partial charge in [-0.15, -0.1) is 0 Å². The Kier molecular flexibility index (Phi) is 6.34. The number of aromatic nitrogens is 1. The van der Waals surface area contributed by atoms with Gasteiger partial charge in [-0.3, -0.25) is 4.57 Å². The highest BCUT2D eigenvalue weighted by Crippen LogP contribution is 2.51. The molecular weight excluding hydrogens is 351 g/mol. The average molecular weight is 382 g/mol. The first-order valence-corrected chi connectivity index (χ1v) is 10.6. The molecule has 0 amide bonds. The van der Waals surface area contributed by atoms with Crippen molar-refractivity contribution in [3.63, 3.8) is 0 Å². The fraction of sp³-hybridized carbons (Fsp3) is 0.632. The molecule has 1 N–H and O–H groups in total. The zero-order valence-corrected chi connectivity index (χ0v) is 17.3. The van der Waals surface area contributed by atoms with Crippen LogP contribution in [0.15, 0.2) is 23.8 Å². The molecule has 1 aliphatic rings. The molecule has 1 aliphatic heterocycles. The van der Waals surface area contributed by atoms with Gasteiger partial charge in [-0.1, -0.05) is 20.4 Å². The van der Waals surface area contributed by atoms with E-state index >= 15 is 0 Å². The summed E-state index contributed by atoms with van der Waals surface area (Å²) in [5.74, 6) is 0.807. The first-order valence-electron chi connectivity index (χ1n) is 8.95. The van der Waals surface area contributed by atoms with E-state index in [2.05, 4.69) is 22.9 Å². The number of hydrogen-bond acceptors (Lipinski definition) is 4. The summed E-state index contributed by atoms with van der Waals surface area (Å²) in [6, 6.07) is 2.15. The summed E-state index contributed by atoms with van der Waals surface area (Å²) in [5.41, 5.74) is 0.766. The lowest BCUT2D eigenvalue weighted by Crippen LogP contribution is -2.30. The summed E-state index contributed by atoms with van der Waals surface area (Å²) in [6.07, 6.45) is 3.28. The van der Waals surface area contributed by atoms with Crippen LogP contribution in [0.25, 0.3) is 5.57 Å². The fourth-order valence-electron chi connectivity index (χ4n) is 3.30. The molecule has 1 aromatic heterocycles. The van der Waals surface area contributed by atoms with Gasteiger partial charge in [0, 0.05) is 18.2 Å². The Hall–Kier alpha value is -1.20. The Balaban J connectivity index is 2.06. The van der Waals surface area contributed by atoms with Crippen LogP contribution in [0.1, 0.15) is 59.1 Å². The van der Waals surface area contributed by atoms with E-state index < -0.39 is 18.9 Å². The van der Waals surface area contributed by atoms with E-state index in [-0.39, 0.29) is 12.1 Å². The maximum atomic E-state index is 12.2. The second kappa shape index (κ2) is 7.81. The molecular formula is C19H31N2O4P. The van der Waals surface area contributed by atoms with E-state index in [0.29, 0.717) is 13.0 Å². The van der Waals surface area contributed by atoms with Crippen molar-refractivity contribution in [1.29, 1.82) is 0 Å². The van der Waals surface area contributed by atoms with E-state index in [4.69, 9.17) is 9.26 Å². The Labute approximate surface area is 156 Å². The fourth-order valence-corrected chi connectivity index (χ4v) is 4.30. The first-order chi connectivity index (χ1) is 12.0. The molecule has 0 aromatic carbocycles. The summed E-state index contributed by atoms with van der Waals surface area (Å²) in [4.78, 5) is 14.2. The van der Waals surface area contributed by atoms with Gasteiger partial charge < -0.3 is 18.7 Å². The predicted molar refractivity (Wildman–Crippen MR) is 106 cm³/mol. The average Bonchev–Trinajstić information content (AvgIpc) is 3.10. The molecule has 1 fully saturated rings. The molecule has 2 rings (SSSR count). The molecule has 1 aromatic rings. The maximum Gasteiger partial charge on any atom is 0.331 e. The van der Waals surface area contributed by atoms with Gasteiger partial charge in [0.05, 0.1) is 30.0 Å². The van der Waals surface area contributed by atoms with Crippen LogP contribution in [0.4, 0.5) is 5.82 Å². The van der Waals surface area contributed by atoms with E-state index in [1.165, 1.54) is 0 Å². The van der Waals surface area contributed by atoms with Gasteiger partial charge in [0.1, 0.15) is 5.82 Å². The highest BCUT2D eigenvalue weighted by molar-refractivity contribution is 7.53. The lowest BCUT2D eigenvalue weighted by atomic mass is 9.98. The summed E-state index contributed by atoms with van der Waals surface area (Å²) in [6.45, 7) is 17.2. The van der Waals surface area contributed by atoms with Crippen LogP contribution in [0.2, 0.25) is 0 Å². The second-order valence-corrected chi connectivity index (χ2v) is 10.3. The standard InChI is InChI=1S/C19H31N2O4P/c1-13(2)17-8-9-21(18(17)20-7)15-10-16(24-12-15)11-19(5,6)25-26(22,23)14(3)4/h8-9,14-16H,1,7,10-12H2,2-6H3,(H,22,23)/t15-,16?/m0/s1. The van der Waals surface area contributed by atoms with Gasteiger partial charge in [-0.25, -0.2) is 4.99 Å².